The molecule has 2 nitrogen and oxygen atoms in total. The maximum atomic E-state index is 13.1. The molecular formula is C14H20ClFN2. The summed E-state index contributed by atoms with van der Waals surface area (Å²) < 4.78 is 13.1. The molecule has 1 aromatic rings. The van der Waals surface area contributed by atoms with Crippen LogP contribution in [-0.2, 0) is 0 Å². The van der Waals surface area contributed by atoms with Crippen molar-refractivity contribution in [3.05, 3.63) is 34.6 Å². The molecule has 0 aromatic heterocycles. The minimum Gasteiger partial charge on any atom is -0.329 e. The second-order valence-corrected chi connectivity index (χ2v) is 5.74. The third-order valence-electron chi connectivity index (χ3n) is 3.88. The van der Waals surface area contributed by atoms with E-state index in [0.717, 1.165) is 23.9 Å². The molecule has 0 amide bonds. The van der Waals surface area contributed by atoms with Crippen molar-refractivity contribution in [2.75, 3.05) is 20.1 Å². The summed E-state index contributed by atoms with van der Waals surface area (Å²) in [6, 6.07) is 4.60. The van der Waals surface area contributed by atoms with Crippen LogP contribution in [0.3, 0.4) is 0 Å². The van der Waals surface area contributed by atoms with Crippen LogP contribution in [0.5, 0.6) is 0 Å². The summed E-state index contributed by atoms with van der Waals surface area (Å²) >= 11 is 6.11. The lowest BCUT2D eigenvalue weighted by Gasteiger charge is -2.28. The van der Waals surface area contributed by atoms with Gasteiger partial charge in [0.1, 0.15) is 5.82 Å². The van der Waals surface area contributed by atoms with Gasteiger partial charge in [-0.15, -0.1) is 0 Å². The molecule has 1 saturated carbocycles. The summed E-state index contributed by atoms with van der Waals surface area (Å²) in [6.07, 6.45) is 1.29. The van der Waals surface area contributed by atoms with Gasteiger partial charge < -0.3 is 5.73 Å². The lowest BCUT2D eigenvalue weighted by Crippen LogP contribution is -2.32. The van der Waals surface area contributed by atoms with E-state index in [0.29, 0.717) is 11.6 Å². The van der Waals surface area contributed by atoms with E-state index >= 15 is 0 Å². The molecule has 2 N–H and O–H groups in total. The predicted molar refractivity (Wildman–Crippen MR) is 73.1 cm³/mol. The molecule has 1 aliphatic carbocycles. The van der Waals surface area contributed by atoms with Gasteiger partial charge in [-0.25, -0.2) is 4.39 Å². The topological polar surface area (TPSA) is 29.3 Å². The maximum absolute atomic E-state index is 13.1. The molecule has 18 heavy (non-hydrogen) atoms. The highest BCUT2D eigenvalue weighted by Gasteiger charge is 2.34. The Hall–Kier alpha value is -0.640. The van der Waals surface area contributed by atoms with Gasteiger partial charge in [0.25, 0.3) is 0 Å². The van der Waals surface area contributed by atoms with E-state index in [2.05, 4.69) is 18.9 Å². The van der Waals surface area contributed by atoms with Crippen LogP contribution in [0.4, 0.5) is 4.39 Å². The molecule has 0 bridgehead atoms. The van der Waals surface area contributed by atoms with Crippen LogP contribution in [0.1, 0.15) is 24.9 Å². The molecule has 1 aliphatic rings. The Morgan fingerprint density at radius 3 is 2.72 bits per heavy atom. The maximum Gasteiger partial charge on any atom is 0.124 e. The summed E-state index contributed by atoms with van der Waals surface area (Å²) in [6.45, 7) is 3.78. The fourth-order valence-corrected chi connectivity index (χ4v) is 2.76. The Morgan fingerprint density at radius 2 is 2.22 bits per heavy atom. The van der Waals surface area contributed by atoms with E-state index < -0.39 is 0 Å². The number of rotatable bonds is 5. The predicted octanol–water partition coefficient (Wildman–Crippen LogP) is 3.07. The molecule has 3 unspecified atom stereocenters. The first kappa shape index (κ1) is 13.8. The van der Waals surface area contributed by atoms with Crippen LogP contribution in [0, 0.1) is 17.7 Å². The first-order valence-corrected chi connectivity index (χ1v) is 6.76. The molecule has 1 aromatic carbocycles. The van der Waals surface area contributed by atoms with E-state index in [1.807, 2.05) is 0 Å². The van der Waals surface area contributed by atoms with Crippen molar-refractivity contribution in [1.82, 2.24) is 4.90 Å². The summed E-state index contributed by atoms with van der Waals surface area (Å²) in [4.78, 5) is 2.23. The van der Waals surface area contributed by atoms with Gasteiger partial charge in [0.2, 0.25) is 0 Å². The Morgan fingerprint density at radius 1 is 1.56 bits per heavy atom. The smallest absolute Gasteiger partial charge is 0.124 e. The van der Waals surface area contributed by atoms with Crippen molar-refractivity contribution in [3.8, 4) is 0 Å². The zero-order valence-corrected chi connectivity index (χ0v) is 11.6. The Kier molecular flexibility index (Phi) is 4.25. The average Bonchev–Trinajstić information content (AvgIpc) is 2.98. The summed E-state index contributed by atoms with van der Waals surface area (Å²) in [5, 5.41) is 0.459. The largest absolute Gasteiger partial charge is 0.329 e. The number of halogens is 2. The molecule has 4 heteroatoms. The number of nitrogens with two attached hydrogens (primary N) is 1. The van der Waals surface area contributed by atoms with Gasteiger partial charge in [-0.3, -0.25) is 4.90 Å². The molecular weight excluding hydrogens is 251 g/mol. The van der Waals surface area contributed by atoms with Crippen LogP contribution >= 0.6 is 11.6 Å². The minimum atomic E-state index is -0.307. The normalized spacial score (nSPS) is 24.3. The summed E-state index contributed by atoms with van der Waals surface area (Å²) in [5.74, 6) is 1.27. The van der Waals surface area contributed by atoms with Gasteiger partial charge in [0.15, 0.2) is 0 Å². The van der Waals surface area contributed by atoms with E-state index in [9.17, 15) is 4.39 Å². The van der Waals surface area contributed by atoms with Gasteiger partial charge >= 0.3 is 0 Å². The lowest BCUT2D eigenvalue weighted by molar-refractivity contribution is 0.237. The van der Waals surface area contributed by atoms with Gasteiger partial charge in [0.05, 0.1) is 0 Å². The number of hydrogen-bond donors (Lipinski definition) is 1. The van der Waals surface area contributed by atoms with Crippen LogP contribution in [0.2, 0.25) is 5.02 Å². The molecule has 3 atom stereocenters. The van der Waals surface area contributed by atoms with Gasteiger partial charge in [-0.05, 0) is 43.0 Å². The van der Waals surface area contributed by atoms with E-state index in [1.54, 1.807) is 6.07 Å². The number of benzene rings is 1. The van der Waals surface area contributed by atoms with Gasteiger partial charge in [0, 0.05) is 24.2 Å². The van der Waals surface area contributed by atoms with Gasteiger partial charge in [-0.1, -0.05) is 24.6 Å². The van der Waals surface area contributed by atoms with Crippen molar-refractivity contribution in [2.45, 2.75) is 19.4 Å². The van der Waals surface area contributed by atoms with Crippen LogP contribution in [0.15, 0.2) is 18.2 Å². The lowest BCUT2D eigenvalue weighted by atomic mass is 10.1. The highest BCUT2D eigenvalue weighted by atomic mass is 35.5. The minimum absolute atomic E-state index is 0.0610. The second-order valence-electron chi connectivity index (χ2n) is 5.33. The molecule has 0 radical (unpaired) electrons. The number of likely N-dealkylation sites (N-methyl/N-ethyl adjacent to an activating group) is 1. The first-order chi connectivity index (χ1) is 8.52. The zero-order valence-electron chi connectivity index (χ0n) is 10.9. The average molecular weight is 271 g/mol. The third kappa shape index (κ3) is 3.02. The summed E-state index contributed by atoms with van der Waals surface area (Å²) in [7, 11) is 2.06. The van der Waals surface area contributed by atoms with Gasteiger partial charge in [-0.2, -0.15) is 0 Å². The molecule has 1 fully saturated rings. The first-order valence-electron chi connectivity index (χ1n) is 6.38. The molecule has 100 valence electrons. The Labute approximate surface area is 113 Å². The number of nitrogens with zero attached hydrogens (tertiary/aromatic N) is 1. The van der Waals surface area contributed by atoms with E-state index in [1.165, 1.54) is 18.6 Å². The molecule has 0 saturated heterocycles. The SMILES string of the molecule is CC1CC1CN(C)C(CN)c1ccc(F)cc1Cl. The van der Waals surface area contributed by atoms with Crippen molar-refractivity contribution in [1.29, 1.82) is 0 Å². The number of hydrogen-bond acceptors (Lipinski definition) is 2. The highest BCUT2D eigenvalue weighted by Crippen LogP contribution is 2.39. The quantitative estimate of drug-likeness (QED) is 0.891. The fraction of sp³-hybridized carbons (Fsp3) is 0.571. The Balaban J connectivity index is 2.11. The molecule has 0 spiro atoms. The van der Waals surface area contributed by atoms with Crippen molar-refractivity contribution in [2.24, 2.45) is 17.6 Å². The van der Waals surface area contributed by atoms with Crippen molar-refractivity contribution in [3.63, 3.8) is 0 Å². The van der Waals surface area contributed by atoms with E-state index in [4.69, 9.17) is 17.3 Å². The van der Waals surface area contributed by atoms with Crippen LogP contribution < -0.4 is 5.73 Å². The van der Waals surface area contributed by atoms with Crippen LogP contribution in [0.25, 0.3) is 0 Å². The summed E-state index contributed by atoms with van der Waals surface area (Å²) in [5.41, 5.74) is 6.76. The molecule has 0 heterocycles. The fourth-order valence-electron chi connectivity index (χ4n) is 2.47. The van der Waals surface area contributed by atoms with Crippen LogP contribution in [-0.4, -0.2) is 25.0 Å². The second kappa shape index (κ2) is 5.55. The molecule has 2 rings (SSSR count). The zero-order chi connectivity index (χ0) is 13.3. The van der Waals surface area contributed by atoms with Crippen molar-refractivity contribution >= 4 is 11.6 Å². The Bertz CT molecular complexity index is 424. The van der Waals surface area contributed by atoms with E-state index in [-0.39, 0.29) is 11.9 Å². The standard InChI is InChI=1S/C14H20ClFN2/c1-9-5-10(9)8-18(2)14(7-17)12-4-3-11(16)6-13(12)15/h3-4,6,9-10,14H,5,7-8,17H2,1-2H3. The highest BCUT2D eigenvalue weighted by molar-refractivity contribution is 6.31. The van der Waals surface area contributed by atoms with Crippen molar-refractivity contribution < 1.29 is 4.39 Å². The third-order valence-corrected chi connectivity index (χ3v) is 4.20. The monoisotopic (exact) mass is 270 g/mol. The molecule has 0 aliphatic heterocycles.